The molecule has 0 aliphatic carbocycles. The van der Waals surface area contributed by atoms with Crippen LogP contribution in [0.1, 0.15) is 26.2 Å². The number of carbonyl (C=O) groups is 5. The molecule has 0 aliphatic rings. The van der Waals surface area contributed by atoms with E-state index in [4.69, 9.17) is 15.9 Å². The fourth-order valence-electron chi connectivity index (χ4n) is 2.04. The van der Waals surface area contributed by atoms with Crippen molar-refractivity contribution in [2.75, 3.05) is 18.6 Å². The SMILES string of the molecule is CSCCC(NC(=O)C(N)CCC(=O)O)C(=O)NC(CO)C(=O)NC(C)C(=O)O. The molecule has 13 heteroatoms. The normalized spacial score (nSPS) is 14.8. The Labute approximate surface area is 172 Å². The third kappa shape index (κ3) is 10.7. The Morgan fingerprint density at radius 3 is 1.97 bits per heavy atom. The number of hydrogen-bond donors (Lipinski definition) is 7. The molecule has 8 N–H and O–H groups in total. The Bertz CT molecular complexity index is 603. The smallest absolute Gasteiger partial charge is 0.325 e. The van der Waals surface area contributed by atoms with Crippen molar-refractivity contribution in [3.63, 3.8) is 0 Å². The Kier molecular flexibility index (Phi) is 12.6. The van der Waals surface area contributed by atoms with Crippen LogP contribution in [0.25, 0.3) is 0 Å². The zero-order valence-corrected chi connectivity index (χ0v) is 17.0. The Morgan fingerprint density at radius 2 is 1.48 bits per heavy atom. The van der Waals surface area contributed by atoms with Gasteiger partial charge >= 0.3 is 11.9 Å². The second kappa shape index (κ2) is 13.7. The Balaban J connectivity index is 5.03. The molecule has 0 rings (SSSR count). The quantitative estimate of drug-likeness (QED) is 0.152. The topological polar surface area (TPSA) is 208 Å². The number of carboxylic acid groups (broad SMARTS) is 2. The maximum Gasteiger partial charge on any atom is 0.325 e. The molecule has 4 unspecified atom stereocenters. The van der Waals surface area contributed by atoms with Crippen LogP contribution in [0, 0.1) is 0 Å². The van der Waals surface area contributed by atoms with Crippen molar-refractivity contribution in [1.82, 2.24) is 16.0 Å². The van der Waals surface area contributed by atoms with Gasteiger partial charge < -0.3 is 37.0 Å². The third-order valence-corrected chi connectivity index (χ3v) is 4.44. The number of carbonyl (C=O) groups excluding carboxylic acids is 3. The molecule has 0 radical (unpaired) electrons. The van der Waals surface area contributed by atoms with Crippen LogP contribution in [0.4, 0.5) is 0 Å². The molecule has 0 aromatic carbocycles. The fraction of sp³-hybridized carbons (Fsp3) is 0.688. The number of rotatable bonds is 14. The molecule has 29 heavy (non-hydrogen) atoms. The average molecular weight is 436 g/mol. The highest BCUT2D eigenvalue weighted by atomic mass is 32.2. The summed E-state index contributed by atoms with van der Waals surface area (Å²) in [5, 5.41) is 33.6. The zero-order valence-electron chi connectivity index (χ0n) is 16.2. The van der Waals surface area contributed by atoms with Gasteiger partial charge in [-0.3, -0.25) is 24.0 Å². The van der Waals surface area contributed by atoms with Crippen LogP contribution in [0.15, 0.2) is 0 Å². The van der Waals surface area contributed by atoms with Gasteiger partial charge in [0.05, 0.1) is 12.6 Å². The number of aliphatic carboxylic acids is 2. The van der Waals surface area contributed by atoms with Crippen molar-refractivity contribution in [2.24, 2.45) is 5.73 Å². The van der Waals surface area contributed by atoms with E-state index in [1.807, 2.05) is 0 Å². The molecular weight excluding hydrogens is 408 g/mol. The summed E-state index contributed by atoms with van der Waals surface area (Å²) in [6.07, 6.45) is 1.54. The minimum atomic E-state index is -1.42. The first-order chi connectivity index (χ1) is 13.5. The highest BCUT2D eigenvalue weighted by Gasteiger charge is 2.28. The van der Waals surface area contributed by atoms with Gasteiger partial charge in [-0.15, -0.1) is 0 Å². The number of hydrogen-bond acceptors (Lipinski definition) is 8. The van der Waals surface area contributed by atoms with Gasteiger partial charge in [-0.2, -0.15) is 11.8 Å². The third-order valence-electron chi connectivity index (χ3n) is 3.79. The minimum Gasteiger partial charge on any atom is -0.481 e. The van der Waals surface area contributed by atoms with Crippen LogP contribution >= 0.6 is 11.8 Å². The number of amides is 3. The molecule has 0 bridgehead atoms. The maximum atomic E-state index is 12.5. The molecule has 0 heterocycles. The zero-order chi connectivity index (χ0) is 22.6. The number of aliphatic hydroxyl groups excluding tert-OH is 1. The van der Waals surface area contributed by atoms with Crippen LogP contribution in [-0.4, -0.2) is 87.8 Å². The summed E-state index contributed by atoms with van der Waals surface area (Å²) >= 11 is 1.41. The molecule has 3 amide bonds. The minimum absolute atomic E-state index is 0.118. The van der Waals surface area contributed by atoms with Crippen LogP contribution in [0.5, 0.6) is 0 Å². The standard InChI is InChI=1S/C16H28N4O8S/c1-8(16(27)28)18-15(26)11(7-21)20-14(25)10(5-6-29-2)19-13(24)9(17)3-4-12(22)23/h8-11,21H,3-7,17H2,1-2H3,(H,18,26)(H,19,24)(H,20,25)(H,22,23)(H,27,28). The van der Waals surface area contributed by atoms with Gasteiger partial charge in [-0.25, -0.2) is 0 Å². The molecule has 4 atom stereocenters. The van der Waals surface area contributed by atoms with E-state index in [0.717, 1.165) is 0 Å². The molecule has 0 aromatic rings. The molecule has 0 saturated carbocycles. The van der Waals surface area contributed by atoms with Gasteiger partial charge in [0.25, 0.3) is 0 Å². The van der Waals surface area contributed by atoms with E-state index >= 15 is 0 Å². The summed E-state index contributed by atoms with van der Waals surface area (Å²) < 4.78 is 0. The molecule has 0 fully saturated rings. The van der Waals surface area contributed by atoms with Crippen LogP contribution < -0.4 is 21.7 Å². The van der Waals surface area contributed by atoms with E-state index in [1.165, 1.54) is 18.7 Å². The van der Waals surface area contributed by atoms with Gasteiger partial charge in [0.1, 0.15) is 18.1 Å². The summed E-state index contributed by atoms with van der Waals surface area (Å²) in [5.74, 6) is -4.32. The van der Waals surface area contributed by atoms with Crippen molar-refractivity contribution < 1.29 is 39.3 Å². The molecule has 0 aromatic heterocycles. The Hall–Kier alpha value is -2.38. The number of nitrogens with two attached hydrogens (primary N) is 1. The molecule has 0 saturated heterocycles. The van der Waals surface area contributed by atoms with E-state index in [9.17, 15) is 29.1 Å². The lowest BCUT2D eigenvalue weighted by Gasteiger charge is -2.23. The molecular formula is C16H28N4O8S. The molecule has 12 nitrogen and oxygen atoms in total. The van der Waals surface area contributed by atoms with Crippen molar-refractivity contribution in [1.29, 1.82) is 0 Å². The summed E-state index contributed by atoms with van der Waals surface area (Å²) in [5.41, 5.74) is 5.63. The van der Waals surface area contributed by atoms with E-state index in [1.54, 1.807) is 6.26 Å². The summed E-state index contributed by atoms with van der Waals surface area (Å²) in [6, 6.07) is -4.86. The first kappa shape index (κ1) is 26.6. The first-order valence-electron chi connectivity index (χ1n) is 8.74. The van der Waals surface area contributed by atoms with Crippen LogP contribution in [0.3, 0.4) is 0 Å². The van der Waals surface area contributed by atoms with E-state index < -0.39 is 60.4 Å². The predicted octanol–water partition coefficient (Wildman–Crippen LogP) is -2.52. The van der Waals surface area contributed by atoms with E-state index in [2.05, 4.69) is 16.0 Å². The summed E-state index contributed by atoms with van der Waals surface area (Å²) in [6.45, 7) is 0.432. The van der Waals surface area contributed by atoms with Gasteiger partial charge in [-0.05, 0) is 31.8 Å². The van der Waals surface area contributed by atoms with Crippen LogP contribution in [-0.2, 0) is 24.0 Å². The predicted molar refractivity (Wildman–Crippen MR) is 104 cm³/mol. The maximum absolute atomic E-state index is 12.5. The summed E-state index contributed by atoms with van der Waals surface area (Å²) in [7, 11) is 0. The van der Waals surface area contributed by atoms with Gasteiger partial charge in [0.15, 0.2) is 0 Å². The lowest BCUT2D eigenvalue weighted by Crippen LogP contribution is -2.58. The monoisotopic (exact) mass is 436 g/mol. The Morgan fingerprint density at radius 1 is 0.931 bits per heavy atom. The number of nitrogens with one attached hydrogen (secondary N) is 3. The molecule has 0 aliphatic heterocycles. The van der Waals surface area contributed by atoms with Crippen molar-refractivity contribution in [3.05, 3.63) is 0 Å². The molecule has 166 valence electrons. The van der Waals surface area contributed by atoms with Crippen molar-refractivity contribution >= 4 is 41.4 Å². The van der Waals surface area contributed by atoms with Crippen molar-refractivity contribution in [2.45, 2.75) is 50.4 Å². The highest BCUT2D eigenvalue weighted by Crippen LogP contribution is 2.04. The van der Waals surface area contributed by atoms with Gasteiger partial charge in [-0.1, -0.05) is 0 Å². The van der Waals surface area contributed by atoms with Gasteiger partial charge in [0.2, 0.25) is 17.7 Å². The van der Waals surface area contributed by atoms with E-state index in [-0.39, 0.29) is 19.3 Å². The lowest BCUT2D eigenvalue weighted by atomic mass is 10.1. The van der Waals surface area contributed by atoms with E-state index in [0.29, 0.717) is 5.75 Å². The first-order valence-corrected chi connectivity index (χ1v) is 10.1. The summed E-state index contributed by atoms with van der Waals surface area (Å²) in [4.78, 5) is 58.0. The number of aliphatic hydroxyl groups is 1. The van der Waals surface area contributed by atoms with Crippen molar-refractivity contribution in [3.8, 4) is 0 Å². The highest BCUT2D eigenvalue weighted by molar-refractivity contribution is 7.98. The molecule has 0 spiro atoms. The number of thioether (sulfide) groups is 1. The fourth-order valence-corrected chi connectivity index (χ4v) is 2.51. The second-order valence-corrected chi connectivity index (χ2v) is 7.18. The van der Waals surface area contributed by atoms with Gasteiger partial charge in [0, 0.05) is 6.42 Å². The number of carboxylic acids is 2. The van der Waals surface area contributed by atoms with Crippen LogP contribution in [0.2, 0.25) is 0 Å². The average Bonchev–Trinajstić information content (AvgIpc) is 2.66. The second-order valence-electron chi connectivity index (χ2n) is 6.19. The largest absolute Gasteiger partial charge is 0.481 e. The lowest BCUT2D eigenvalue weighted by molar-refractivity contribution is -0.142.